The van der Waals surface area contributed by atoms with Crippen molar-refractivity contribution >= 4 is 11.9 Å². The maximum Gasteiger partial charge on any atom is 0.308 e. The minimum atomic E-state index is -4.33. The third-order valence-electron chi connectivity index (χ3n) is 5.17. The highest BCUT2D eigenvalue weighted by atomic mass is 16.5. The molecule has 162 valence electrons. The predicted octanol–water partition coefficient (Wildman–Crippen LogP) is 4.20. The van der Waals surface area contributed by atoms with Crippen LogP contribution < -0.4 is 0 Å². The number of fused-ring (bicyclic) bond motifs is 1. The lowest BCUT2D eigenvalue weighted by Crippen LogP contribution is -2.42. The largest absolute Gasteiger partial charge is 0.462 e. The molecule has 0 aromatic heterocycles. The number of cyclic esters (lactones) is 1. The lowest BCUT2D eigenvalue weighted by Gasteiger charge is -2.43. The highest BCUT2D eigenvalue weighted by molar-refractivity contribution is 5.72. The second-order valence-corrected chi connectivity index (χ2v) is 7.20. The molecule has 0 spiro atoms. The first-order chi connectivity index (χ1) is 21.8. The van der Waals surface area contributed by atoms with Crippen molar-refractivity contribution in [3.05, 3.63) is 23.7 Å². The monoisotopic (exact) mass is 424 g/mol. The van der Waals surface area contributed by atoms with Gasteiger partial charge in [0.2, 0.25) is 1.43 Å². The van der Waals surface area contributed by atoms with Crippen molar-refractivity contribution in [2.24, 2.45) is 29.5 Å². The molecule has 5 nitrogen and oxygen atoms in total. The number of hydrogen-bond donors (Lipinski definition) is 1. The van der Waals surface area contributed by atoms with E-state index in [1.807, 2.05) is 0 Å². The Labute approximate surface area is 202 Å². The fourth-order valence-corrected chi connectivity index (χ4v) is 3.80. The summed E-state index contributed by atoms with van der Waals surface area (Å²) in [6.45, 7) is -10.8. The molecule has 0 radical (unpaired) electrons. The summed E-state index contributed by atoms with van der Waals surface area (Å²) in [7, 11) is 0. The Morgan fingerprint density at radius 2 is 2.55 bits per heavy atom. The number of allylic oxidation sites excluding steroid dienone is 3. The van der Waals surface area contributed by atoms with E-state index in [2.05, 4.69) is 5.11 Å². The van der Waals surface area contributed by atoms with E-state index in [1.54, 1.807) is 0 Å². The first kappa shape index (κ1) is 7.81. The van der Waals surface area contributed by atoms with E-state index in [0.717, 1.165) is 6.92 Å². The summed E-state index contributed by atoms with van der Waals surface area (Å²) in [6.07, 6.45) is -13.5. The smallest absolute Gasteiger partial charge is 0.308 e. The Hall–Kier alpha value is -1.62. The number of esters is 2. The Morgan fingerprint density at radius 3 is 3.31 bits per heavy atom. The molecule has 1 fully saturated rings. The van der Waals surface area contributed by atoms with Gasteiger partial charge in [-0.25, -0.2) is 0 Å². The van der Waals surface area contributed by atoms with E-state index in [-0.39, 0.29) is 25.7 Å². The molecule has 3 rings (SSSR count). The second kappa shape index (κ2) is 9.46. The van der Waals surface area contributed by atoms with Gasteiger partial charge in [0.15, 0.2) is 0 Å². The van der Waals surface area contributed by atoms with Gasteiger partial charge in [0.1, 0.15) is 12.2 Å². The summed E-state index contributed by atoms with van der Waals surface area (Å²) in [4.78, 5) is 25.9. The number of carbonyl (C=O) groups is 2. The standard InChI is InChI=1S/C24H36O5/c1-5-15(3)24(27)29-21-11-14(2)10-17-7-6-16(4)20(23(17)21)9-8-19-12-18(25)13-22(26)28-19/h6-7,10,14-16,18-21,23,25H,5,8-9,11-13H2,1-4H3/t14-,15-,16-,18+,19?,20-,21?,23-/m0/s1/i1D3,2D3,3D3,5D2,6D,7D,10D,11D2,14D,15D,16D,25D. The van der Waals surface area contributed by atoms with Gasteiger partial charge in [-0.2, -0.15) is 0 Å². The molecule has 2 aliphatic carbocycles. The number of aliphatic hydroxyl groups excluding tert-OH is 1. The van der Waals surface area contributed by atoms with Crippen LogP contribution in [-0.4, -0.2) is 36.8 Å². The van der Waals surface area contributed by atoms with Gasteiger partial charge >= 0.3 is 11.9 Å². The summed E-state index contributed by atoms with van der Waals surface area (Å²) >= 11 is 0. The molecule has 0 amide bonds. The van der Waals surface area contributed by atoms with Gasteiger partial charge in [-0.05, 0) is 48.9 Å². The zero-order valence-corrected chi connectivity index (χ0v) is 15.8. The molecule has 0 bridgehead atoms. The van der Waals surface area contributed by atoms with Gasteiger partial charge < -0.3 is 14.6 Å². The normalized spacial score (nSPS) is 58.7. The molecular formula is C24H36O5. The molecule has 8 atom stereocenters. The molecular weight excluding hydrogens is 368 g/mol. The van der Waals surface area contributed by atoms with Crippen LogP contribution in [0.25, 0.3) is 0 Å². The fraction of sp³-hybridized carbons (Fsp3) is 0.750. The summed E-state index contributed by atoms with van der Waals surface area (Å²) in [5.74, 6) is -17.1. The topological polar surface area (TPSA) is 72.8 Å². The number of ether oxygens (including phenoxy) is 2. The molecule has 1 N–H and O–H groups in total. The average molecular weight is 425 g/mol. The van der Waals surface area contributed by atoms with E-state index in [4.69, 9.17) is 36.9 Å². The Morgan fingerprint density at radius 1 is 1.66 bits per heavy atom. The van der Waals surface area contributed by atoms with E-state index in [1.165, 1.54) is 0 Å². The van der Waals surface area contributed by atoms with Crippen molar-refractivity contribution in [1.29, 1.82) is 1.43 Å². The first-order valence-electron chi connectivity index (χ1n) is 19.1. The van der Waals surface area contributed by atoms with Crippen LogP contribution in [0.5, 0.6) is 0 Å². The summed E-state index contributed by atoms with van der Waals surface area (Å²) in [5.41, 5.74) is -0.824. The van der Waals surface area contributed by atoms with Gasteiger partial charge in [-0.15, -0.1) is 0 Å². The molecule has 29 heavy (non-hydrogen) atoms. The third kappa shape index (κ3) is 5.30. The number of hydrogen-bond acceptors (Lipinski definition) is 5. The summed E-state index contributed by atoms with van der Waals surface area (Å²) < 4.78 is 174. The molecule has 1 aliphatic heterocycles. The minimum Gasteiger partial charge on any atom is -0.462 e. The van der Waals surface area contributed by atoms with Crippen LogP contribution in [0.1, 0.15) is 92.0 Å². The van der Waals surface area contributed by atoms with Crippen molar-refractivity contribution < 1.29 is 50.2 Å². The lowest BCUT2D eigenvalue weighted by atomic mass is 9.65. The van der Waals surface area contributed by atoms with Gasteiger partial charge in [0.05, 0.1) is 22.5 Å². The van der Waals surface area contributed by atoms with Crippen molar-refractivity contribution in [3.63, 3.8) is 0 Å². The van der Waals surface area contributed by atoms with Crippen LogP contribution in [-0.2, 0) is 19.1 Å². The van der Waals surface area contributed by atoms with Gasteiger partial charge in [-0.3, -0.25) is 9.59 Å². The maximum atomic E-state index is 13.8. The van der Waals surface area contributed by atoms with Crippen LogP contribution in [0.15, 0.2) is 23.7 Å². The SMILES string of the molecule is [2H]O[C@H]1CC(=O)OC(CC[C@@H]2[C@@H]3C(=C([2H])[C@]([2H])(C([2H])([2H])[2H])C([2H])([2H])C3OC(=O)[C@@]([2H])(C([2H])([2H])[2H])C([2H])([2H])C([2H])([2H])[2H])C([2H])=C([2H])[C@]2([2H])C)C1. The lowest BCUT2D eigenvalue weighted by molar-refractivity contribution is -0.162. The number of aliphatic hydroxyl groups is 1. The first-order valence-corrected chi connectivity index (χ1v) is 9.20. The van der Waals surface area contributed by atoms with E-state index in [0.29, 0.717) is 0 Å². The van der Waals surface area contributed by atoms with Crippen LogP contribution in [0.4, 0.5) is 0 Å². The molecule has 1 heterocycles. The average Bonchev–Trinajstić information content (AvgIpc) is 2.93. The molecule has 0 saturated carbocycles. The molecule has 5 heteroatoms. The van der Waals surface area contributed by atoms with Crippen LogP contribution in [0.2, 0.25) is 0 Å². The third-order valence-corrected chi connectivity index (χ3v) is 5.17. The van der Waals surface area contributed by atoms with Crippen molar-refractivity contribution in [2.75, 3.05) is 0 Å². The van der Waals surface area contributed by atoms with Gasteiger partial charge in [0.25, 0.3) is 0 Å². The van der Waals surface area contributed by atoms with Crippen molar-refractivity contribution in [3.8, 4) is 0 Å². The summed E-state index contributed by atoms with van der Waals surface area (Å²) in [6, 6.07) is -3.17. The highest BCUT2D eigenvalue weighted by Gasteiger charge is 2.42. The van der Waals surface area contributed by atoms with Crippen molar-refractivity contribution in [2.45, 2.75) is 84.2 Å². The molecule has 2 unspecified atom stereocenters. The number of rotatable bonds is 7. The molecule has 3 aliphatic rings. The van der Waals surface area contributed by atoms with E-state index < -0.39 is 117 Å². The zero-order valence-electron chi connectivity index (χ0n) is 35.8. The molecule has 1 saturated heterocycles. The molecule has 0 aromatic carbocycles. The van der Waals surface area contributed by atoms with Crippen LogP contribution in [0.3, 0.4) is 0 Å². The Bertz CT molecular complexity index is 1400. The zero-order chi connectivity index (χ0) is 38.3. The number of carbonyl (C=O) groups excluding carboxylic acids is 2. The minimum absolute atomic E-state index is 0.0146. The fourth-order valence-electron chi connectivity index (χ4n) is 3.80. The van der Waals surface area contributed by atoms with E-state index >= 15 is 0 Å². The van der Waals surface area contributed by atoms with Gasteiger partial charge in [0, 0.05) is 34.3 Å². The second-order valence-electron chi connectivity index (χ2n) is 7.20. The Kier molecular flexibility index (Phi) is 2.55. The van der Waals surface area contributed by atoms with Crippen LogP contribution in [0, 0.1) is 29.5 Å². The van der Waals surface area contributed by atoms with E-state index in [9.17, 15) is 9.59 Å². The van der Waals surface area contributed by atoms with Gasteiger partial charge in [-0.1, -0.05) is 45.6 Å². The quantitative estimate of drug-likeness (QED) is 0.620. The maximum absolute atomic E-state index is 13.8. The van der Waals surface area contributed by atoms with Crippen LogP contribution >= 0.6 is 0 Å². The predicted molar refractivity (Wildman–Crippen MR) is 111 cm³/mol. The summed E-state index contributed by atoms with van der Waals surface area (Å²) in [5, 5.41) is 4.51. The van der Waals surface area contributed by atoms with Crippen molar-refractivity contribution in [1.82, 2.24) is 0 Å². The molecule has 0 aromatic rings. The highest BCUT2D eigenvalue weighted by Crippen LogP contribution is 2.45. The Balaban J connectivity index is 2.34.